The fraction of sp³-hybridized carbons (Fsp3) is 0.667. The number of nitrogens with two attached hydrogens (primary N) is 2. The Labute approximate surface area is 243 Å². The molecule has 0 heterocycles. The number of benzene rings is 1. The predicted octanol–water partition coefficient (Wildman–Crippen LogP) is 0.969. The van der Waals surface area contributed by atoms with Gasteiger partial charge in [0.2, 0.25) is 21.8 Å². The third kappa shape index (κ3) is 11.0. The van der Waals surface area contributed by atoms with Gasteiger partial charge in [-0.05, 0) is 12.8 Å². The van der Waals surface area contributed by atoms with Crippen molar-refractivity contribution >= 4 is 37.4 Å². The van der Waals surface area contributed by atoms with Gasteiger partial charge in [0.15, 0.2) is 32.2 Å². The normalized spacial score (nSPS) is 15.1. The van der Waals surface area contributed by atoms with Gasteiger partial charge in [-0.1, -0.05) is 32.1 Å². The van der Waals surface area contributed by atoms with Crippen LogP contribution in [0.3, 0.4) is 0 Å². The van der Waals surface area contributed by atoms with Gasteiger partial charge in [0.1, 0.15) is 4.90 Å². The van der Waals surface area contributed by atoms with Crippen molar-refractivity contribution in [2.75, 3.05) is 44.0 Å². The molecule has 7 N–H and O–H groups in total. The molecule has 0 atom stereocenters. The third-order valence-corrected chi connectivity index (χ3v) is 9.13. The lowest BCUT2D eigenvalue weighted by atomic mass is 9.96. The first-order valence-corrected chi connectivity index (χ1v) is 16.6. The van der Waals surface area contributed by atoms with Crippen molar-refractivity contribution in [1.29, 1.82) is 0 Å². The van der Waals surface area contributed by atoms with Crippen molar-refractivity contribution in [2.24, 2.45) is 11.0 Å². The topological polar surface area (TPSA) is 209 Å². The molecule has 1 aliphatic rings. The molecular formula is C24H38F3N5O8S2. The second-order valence-corrected chi connectivity index (χ2v) is 13.2. The fourth-order valence-electron chi connectivity index (χ4n) is 4.33. The lowest BCUT2D eigenvalue weighted by Gasteiger charge is -2.25. The lowest BCUT2D eigenvalue weighted by molar-refractivity contribution is -0.122. The second kappa shape index (κ2) is 17.0. The van der Waals surface area contributed by atoms with Crippen molar-refractivity contribution in [1.82, 2.24) is 10.7 Å². The maximum absolute atomic E-state index is 15.4. The molecule has 1 fully saturated rings. The minimum atomic E-state index is -5.11. The molecule has 18 heteroatoms. The van der Waals surface area contributed by atoms with Gasteiger partial charge < -0.3 is 20.1 Å². The summed E-state index contributed by atoms with van der Waals surface area (Å²) < 4.78 is 106. The maximum Gasteiger partial charge on any atom is 0.244 e. The zero-order chi connectivity index (χ0) is 31.3. The van der Waals surface area contributed by atoms with Gasteiger partial charge in [-0.3, -0.25) is 15.0 Å². The van der Waals surface area contributed by atoms with Gasteiger partial charge in [-0.2, -0.15) is 0 Å². The molecule has 1 aliphatic carbocycles. The number of amides is 2. The molecule has 2 amide bonds. The number of ether oxygens (including phenoxy) is 2. The van der Waals surface area contributed by atoms with Gasteiger partial charge in [-0.25, -0.2) is 41.0 Å². The highest BCUT2D eigenvalue weighted by Crippen LogP contribution is 2.37. The molecule has 13 nitrogen and oxygen atoms in total. The largest absolute Gasteiger partial charge is 0.379 e. The second-order valence-electron chi connectivity index (χ2n) is 9.67. The predicted molar refractivity (Wildman–Crippen MR) is 146 cm³/mol. The number of sulfonamides is 1. The van der Waals surface area contributed by atoms with E-state index in [-0.39, 0.29) is 45.3 Å². The number of rotatable bonds is 16. The number of carbonyl (C=O) groups excluding carboxylic acids is 2. The van der Waals surface area contributed by atoms with E-state index in [2.05, 4.69) is 10.6 Å². The summed E-state index contributed by atoms with van der Waals surface area (Å²) >= 11 is 0. The number of sulfone groups is 1. The zero-order valence-electron chi connectivity index (χ0n) is 23.1. The van der Waals surface area contributed by atoms with E-state index in [1.807, 2.05) is 5.43 Å². The monoisotopic (exact) mass is 645 g/mol. The fourth-order valence-corrected chi connectivity index (χ4v) is 6.50. The van der Waals surface area contributed by atoms with Gasteiger partial charge in [-0.15, -0.1) is 0 Å². The van der Waals surface area contributed by atoms with Crippen molar-refractivity contribution < 1.29 is 49.1 Å². The molecule has 240 valence electrons. The first-order valence-electron chi connectivity index (χ1n) is 13.4. The van der Waals surface area contributed by atoms with E-state index in [0.29, 0.717) is 25.7 Å². The lowest BCUT2D eigenvalue weighted by Crippen LogP contribution is -2.31. The van der Waals surface area contributed by atoms with Crippen molar-refractivity contribution in [2.45, 2.75) is 73.6 Å². The zero-order valence-corrected chi connectivity index (χ0v) is 24.7. The highest BCUT2D eigenvalue weighted by Gasteiger charge is 2.37. The summed E-state index contributed by atoms with van der Waals surface area (Å²) in [6, 6.07) is -0.536. The van der Waals surface area contributed by atoms with Gasteiger partial charge in [0.05, 0.1) is 44.3 Å². The van der Waals surface area contributed by atoms with Crippen LogP contribution in [-0.4, -0.2) is 73.4 Å². The van der Waals surface area contributed by atoms with Crippen LogP contribution in [0.2, 0.25) is 0 Å². The Morgan fingerprint density at radius 3 is 1.95 bits per heavy atom. The van der Waals surface area contributed by atoms with Crippen LogP contribution >= 0.6 is 0 Å². The first kappa shape index (κ1) is 35.7. The van der Waals surface area contributed by atoms with Gasteiger partial charge >= 0.3 is 0 Å². The Morgan fingerprint density at radius 1 is 0.786 bits per heavy atom. The molecule has 1 saturated carbocycles. The molecule has 0 aromatic heterocycles. The van der Waals surface area contributed by atoms with E-state index < -0.39 is 76.9 Å². The maximum atomic E-state index is 15.4. The first-order chi connectivity index (χ1) is 19.8. The highest BCUT2D eigenvalue weighted by molar-refractivity contribution is 7.91. The van der Waals surface area contributed by atoms with Gasteiger partial charge in [0, 0.05) is 19.0 Å². The third-order valence-electron chi connectivity index (χ3n) is 6.46. The summed E-state index contributed by atoms with van der Waals surface area (Å²) in [7, 11) is -9.95. The average Bonchev–Trinajstić information content (AvgIpc) is 2.89. The quantitative estimate of drug-likeness (QED) is 0.0566. The summed E-state index contributed by atoms with van der Waals surface area (Å²) in [6.07, 6.45) is 4.46. The van der Waals surface area contributed by atoms with Gasteiger partial charge in [0.25, 0.3) is 0 Å². The minimum absolute atomic E-state index is 0.0103. The van der Waals surface area contributed by atoms with Crippen molar-refractivity contribution in [3.63, 3.8) is 0 Å². The van der Waals surface area contributed by atoms with Crippen LogP contribution in [0.25, 0.3) is 0 Å². The smallest absolute Gasteiger partial charge is 0.244 e. The van der Waals surface area contributed by atoms with Crippen molar-refractivity contribution in [3.8, 4) is 0 Å². The number of halogens is 3. The summed E-state index contributed by atoms with van der Waals surface area (Å²) in [5.41, 5.74) is 0.927. The number of primary sulfonamides is 1. The van der Waals surface area contributed by atoms with E-state index >= 15 is 8.78 Å². The van der Waals surface area contributed by atoms with Crippen LogP contribution in [0.4, 0.5) is 18.9 Å². The van der Waals surface area contributed by atoms with Crippen LogP contribution < -0.4 is 27.0 Å². The highest BCUT2D eigenvalue weighted by atomic mass is 32.2. The number of hydrazine groups is 1. The summed E-state index contributed by atoms with van der Waals surface area (Å²) in [6.45, 7) is 0.485. The Bertz CT molecular complexity index is 1290. The van der Waals surface area contributed by atoms with Crippen molar-refractivity contribution in [3.05, 3.63) is 17.5 Å². The molecule has 0 bridgehead atoms. The molecule has 0 aliphatic heterocycles. The Morgan fingerprint density at radius 2 is 1.36 bits per heavy atom. The van der Waals surface area contributed by atoms with E-state index in [0.717, 1.165) is 19.3 Å². The summed E-state index contributed by atoms with van der Waals surface area (Å²) in [5, 5.41) is 9.91. The number of hydrogen-bond donors (Lipinski definition) is 5. The molecule has 42 heavy (non-hydrogen) atoms. The molecule has 0 radical (unpaired) electrons. The molecular weight excluding hydrogens is 607 g/mol. The SMILES string of the molecule is NNC(=O)CCOCCOCCNC(=O)CCS(=O)(=O)c1c(F)c(F)c(S(N)(=O)=O)c(F)c1NC1CCCCCCC1. The van der Waals surface area contributed by atoms with Crippen LogP contribution in [0.15, 0.2) is 9.79 Å². The van der Waals surface area contributed by atoms with Crippen LogP contribution in [0, 0.1) is 17.5 Å². The number of nitrogens with one attached hydrogen (secondary N) is 3. The van der Waals surface area contributed by atoms with E-state index in [9.17, 15) is 30.8 Å². The number of anilines is 1. The van der Waals surface area contributed by atoms with E-state index in [4.69, 9.17) is 20.5 Å². The van der Waals surface area contributed by atoms with E-state index in [1.165, 1.54) is 0 Å². The summed E-state index contributed by atoms with van der Waals surface area (Å²) in [5.74, 6) is -3.44. The molecule has 1 aromatic rings. The van der Waals surface area contributed by atoms with Crippen LogP contribution in [-0.2, 0) is 38.9 Å². The molecule has 2 rings (SSSR count). The molecule has 0 spiro atoms. The van der Waals surface area contributed by atoms with E-state index in [1.54, 1.807) is 0 Å². The minimum Gasteiger partial charge on any atom is -0.379 e. The standard InChI is InChI=1S/C24H38F3N5O8S2/c25-19-20(26)24(22(21(27)23(19)42(29,37)38)31-16-6-4-2-1-3-5-7-16)41(35,36)15-9-17(33)30-10-12-40-14-13-39-11-8-18(34)32-28/h16,31H,1-15,28H2,(H,30,33)(H,32,34)(H2,29,37,38). The molecule has 1 aromatic carbocycles. The average molecular weight is 646 g/mol. The number of hydrogen-bond acceptors (Lipinski definition) is 10. The Hall–Kier alpha value is -2.51. The van der Waals surface area contributed by atoms with Crippen LogP contribution in [0.5, 0.6) is 0 Å². The summed E-state index contributed by atoms with van der Waals surface area (Å²) in [4.78, 5) is 20.0. The van der Waals surface area contributed by atoms with Crippen LogP contribution in [0.1, 0.15) is 57.8 Å². The molecule has 0 saturated heterocycles. The number of carbonyl (C=O) groups is 2. The Balaban J connectivity index is 2.07. The Kier molecular flexibility index (Phi) is 14.4. The molecule has 0 unspecified atom stereocenters.